The van der Waals surface area contributed by atoms with Crippen molar-refractivity contribution in [2.24, 2.45) is 5.92 Å². The minimum absolute atomic E-state index is 0.414. The first-order chi connectivity index (χ1) is 8.28. The Balaban J connectivity index is 1.94. The Morgan fingerprint density at radius 3 is 2.41 bits per heavy atom. The van der Waals surface area contributed by atoms with Crippen molar-refractivity contribution < 1.29 is 0 Å². The van der Waals surface area contributed by atoms with E-state index in [4.69, 9.17) is 11.6 Å². The third-order valence-electron chi connectivity index (χ3n) is 3.92. The normalized spacial score (nSPS) is 25.5. The van der Waals surface area contributed by atoms with Crippen LogP contribution < -0.4 is 0 Å². The highest BCUT2D eigenvalue weighted by Crippen LogP contribution is 2.29. The minimum atomic E-state index is 0.414. The molecule has 0 spiro atoms. The summed E-state index contributed by atoms with van der Waals surface area (Å²) in [4.78, 5) is 0. The highest BCUT2D eigenvalue weighted by atomic mass is 35.5. The van der Waals surface area contributed by atoms with E-state index < -0.39 is 0 Å². The van der Waals surface area contributed by atoms with Gasteiger partial charge in [-0.25, -0.2) is 0 Å². The van der Waals surface area contributed by atoms with E-state index in [1.165, 1.54) is 49.7 Å². The molecule has 0 amide bonds. The van der Waals surface area contributed by atoms with Gasteiger partial charge in [0, 0.05) is 5.38 Å². The second-order valence-corrected chi connectivity index (χ2v) is 5.97. The molecule has 2 unspecified atom stereocenters. The number of alkyl halides is 1. The molecule has 1 aromatic carbocycles. The molecule has 0 aliphatic heterocycles. The SMILES string of the molecule is CCc1ccc(CC2CCCCC(Cl)C2)cc1. The predicted molar refractivity (Wildman–Crippen MR) is 75.7 cm³/mol. The van der Waals surface area contributed by atoms with Gasteiger partial charge in [0.25, 0.3) is 0 Å². The molecule has 0 nitrogen and oxygen atoms in total. The van der Waals surface area contributed by atoms with Gasteiger partial charge in [0.1, 0.15) is 0 Å². The summed E-state index contributed by atoms with van der Waals surface area (Å²) in [6.07, 6.45) is 8.81. The molecule has 0 N–H and O–H groups in total. The summed E-state index contributed by atoms with van der Waals surface area (Å²) in [5.41, 5.74) is 2.92. The van der Waals surface area contributed by atoms with E-state index >= 15 is 0 Å². The molecule has 1 saturated carbocycles. The lowest BCUT2D eigenvalue weighted by molar-refractivity contribution is 0.460. The van der Waals surface area contributed by atoms with Crippen molar-refractivity contribution in [3.63, 3.8) is 0 Å². The molecule has 1 aliphatic carbocycles. The molecule has 0 heterocycles. The highest BCUT2D eigenvalue weighted by molar-refractivity contribution is 6.20. The van der Waals surface area contributed by atoms with Gasteiger partial charge in [0.05, 0.1) is 0 Å². The van der Waals surface area contributed by atoms with Crippen molar-refractivity contribution in [3.8, 4) is 0 Å². The van der Waals surface area contributed by atoms with Crippen LogP contribution in [-0.2, 0) is 12.8 Å². The molecule has 17 heavy (non-hydrogen) atoms. The maximum absolute atomic E-state index is 6.33. The van der Waals surface area contributed by atoms with Gasteiger partial charge < -0.3 is 0 Å². The topological polar surface area (TPSA) is 0 Å². The number of halogens is 1. The molecule has 94 valence electrons. The lowest BCUT2D eigenvalue weighted by Crippen LogP contribution is -2.08. The molecular formula is C16H23Cl. The fourth-order valence-corrected chi connectivity index (χ4v) is 3.23. The van der Waals surface area contributed by atoms with Crippen LogP contribution in [0.3, 0.4) is 0 Å². The van der Waals surface area contributed by atoms with Gasteiger partial charge >= 0.3 is 0 Å². The van der Waals surface area contributed by atoms with Crippen LogP contribution in [0.4, 0.5) is 0 Å². The first kappa shape index (κ1) is 13.0. The summed E-state index contributed by atoms with van der Waals surface area (Å²) in [5.74, 6) is 0.799. The van der Waals surface area contributed by atoms with Crippen molar-refractivity contribution in [2.45, 2.75) is 57.2 Å². The molecule has 0 radical (unpaired) electrons. The van der Waals surface area contributed by atoms with Gasteiger partial charge in [-0.1, -0.05) is 50.5 Å². The maximum atomic E-state index is 6.33. The largest absolute Gasteiger partial charge is 0.123 e. The minimum Gasteiger partial charge on any atom is -0.123 e. The van der Waals surface area contributed by atoms with Gasteiger partial charge in [0.15, 0.2) is 0 Å². The number of benzene rings is 1. The second kappa shape index (κ2) is 6.44. The van der Waals surface area contributed by atoms with E-state index in [0.29, 0.717) is 5.38 Å². The van der Waals surface area contributed by atoms with Crippen molar-refractivity contribution in [2.75, 3.05) is 0 Å². The summed E-state index contributed by atoms with van der Waals surface area (Å²) in [6, 6.07) is 9.13. The Labute approximate surface area is 110 Å². The maximum Gasteiger partial charge on any atom is 0.0338 e. The van der Waals surface area contributed by atoms with E-state index in [1.807, 2.05) is 0 Å². The third-order valence-corrected chi connectivity index (χ3v) is 4.32. The summed E-state index contributed by atoms with van der Waals surface area (Å²) < 4.78 is 0. The standard InChI is InChI=1S/C16H23Cl/c1-2-13-7-9-14(10-8-13)11-15-5-3-4-6-16(17)12-15/h7-10,15-16H,2-6,11-12H2,1H3. The van der Waals surface area contributed by atoms with Crippen LogP contribution >= 0.6 is 11.6 Å². The van der Waals surface area contributed by atoms with Crippen LogP contribution in [-0.4, -0.2) is 5.38 Å². The van der Waals surface area contributed by atoms with E-state index in [9.17, 15) is 0 Å². The molecule has 2 rings (SSSR count). The molecule has 2 atom stereocenters. The average Bonchev–Trinajstić information content (AvgIpc) is 2.55. The summed E-state index contributed by atoms with van der Waals surface area (Å²) in [6.45, 7) is 2.21. The smallest absolute Gasteiger partial charge is 0.0338 e. The van der Waals surface area contributed by atoms with Gasteiger partial charge in [-0.2, -0.15) is 0 Å². The Morgan fingerprint density at radius 1 is 1.06 bits per heavy atom. The van der Waals surface area contributed by atoms with Crippen molar-refractivity contribution in [1.29, 1.82) is 0 Å². The van der Waals surface area contributed by atoms with Crippen molar-refractivity contribution in [3.05, 3.63) is 35.4 Å². The monoisotopic (exact) mass is 250 g/mol. The van der Waals surface area contributed by atoms with Crippen molar-refractivity contribution in [1.82, 2.24) is 0 Å². The highest BCUT2D eigenvalue weighted by Gasteiger charge is 2.18. The Kier molecular flexibility index (Phi) is 4.91. The second-order valence-electron chi connectivity index (χ2n) is 5.36. The Hall–Kier alpha value is -0.490. The van der Waals surface area contributed by atoms with E-state index in [2.05, 4.69) is 31.2 Å². The quantitative estimate of drug-likeness (QED) is 0.524. The zero-order valence-corrected chi connectivity index (χ0v) is 11.5. The van der Waals surface area contributed by atoms with Crippen LogP contribution in [0, 0.1) is 5.92 Å². The molecule has 1 heteroatoms. The zero-order valence-electron chi connectivity index (χ0n) is 10.8. The predicted octanol–water partition coefficient (Wildman–Crippen LogP) is 4.98. The van der Waals surface area contributed by atoms with Crippen LogP contribution in [0.5, 0.6) is 0 Å². The fraction of sp³-hybridized carbons (Fsp3) is 0.625. The van der Waals surface area contributed by atoms with Crippen LogP contribution in [0.1, 0.15) is 50.2 Å². The van der Waals surface area contributed by atoms with Crippen LogP contribution in [0.2, 0.25) is 0 Å². The fourth-order valence-electron chi connectivity index (χ4n) is 2.83. The summed E-state index contributed by atoms with van der Waals surface area (Å²) >= 11 is 6.33. The van der Waals surface area contributed by atoms with Crippen LogP contribution in [0.15, 0.2) is 24.3 Å². The van der Waals surface area contributed by atoms with Gasteiger partial charge in [0.2, 0.25) is 0 Å². The number of hydrogen-bond acceptors (Lipinski definition) is 0. The van der Waals surface area contributed by atoms with E-state index in [1.54, 1.807) is 0 Å². The average molecular weight is 251 g/mol. The van der Waals surface area contributed by atoms with Crippen molar-refractivity contribution >= 4 is 11.6 Å². The lowest BCUT2D eigenvalue weighted by atomic mass is 9.92. The van der Waals surface area contributed by atoms with Gasteiger partial charge in [-0.15, -0.1) is 11.6 Å². The lowest BCUT2D eigenvalue weighted by Gasteiger charge is -2.16. The van der Waals surface area contributed by atoms with E-state index in [-0.39, 0.29) is 0 Å². The first-order valence-corrected chi connectivity index (χ1v) is 7.43. The molecular weight excluding hydrogens is 228 g/mol. The van der Waals surface area contributed by atoms with Crippen LogP contribution in [0.25, 0.3) is 0 Å². The number of hydrogen-bond donors (Lipinski definition) is 0. The summed E-state index contributed by atoms with van der Waals surface area (Å²) in [7, 11) is 0. The number of rotatable bonds is 3. The third kappa shape index (κ3) is 4.03. The molecule has 0 bridgehead atoms. The van der Waals surface area contributed by atoms with E-state index in [0.717, 1.165) is 12.3 Å². The van der Waals surface area contributed by atoms with Gasteiger partial charge in [-0.3, -0.25) is 0 Å². The molecule has 1 fully saturated rings. The Bertz CT molecular complexity index is 328. The zero-order chi connectivity index (χ0) is 12.1. The Morgan fingerprint density at radius 2 is 1.71 bits per heavy atom. The molecule has 1 aromatic rings. The van der Waals surface area contributed by atoms with Gasteiger partial charge in [-0.05, 0) is 42.7 Å². The molecule has 0 saturated heterocycles. The molecule has 1 aliphatic rings. The summed E-state index contributed by atoms with van der Waals surface area (Å²) in [5, 5.41) is 0.414. The first-order valence-electron chi connectivity index (χ1n) is 7.00. The molecule has 0 aromatic heterocycles. The number of aryl methyl sites for hydroxylation is 1.